The molecule has 0 atom stereocenters. The largest absolute Gasteiger partial charge is 0.465 e. The second-order valence-corrected chi connectivity index (χ2v) is 10.1. The number of rotatable bonds is 4. The number of hydrogen-bond donors (Lipinski definition) is 0. The maximum atomic E-state index is 6.46. The summed E-state index contributed by atoms with van der Waals surface area (Å²) in [7, 11) is 0. The number of alkyl halides is 4. The van der Waals surface area contributed by atoms with Crippen LogP contribution in [0.3, 0.4) is 0 Å². The van der Waals surface area contributed by atoms with Crippen molar-refractivity contribution in [1.29, 1.82) is 0 Å². The molecule has 2 aromatic rings. The van der Waals surface area contributed by atoms with Crippen molar-refractivity contribution in [2.45, 2.75) is 21.5 Å². The van der Waals surface area contributed by atoms with Crippen molar-refractivity contribution in [3.05, 3.63) is 108 Å². The quantitative estimate of drug-likeness (QED) is 0.416. The Morgan fingerprint density at radius 2 is 0.966 bits per heavy atom. The van der Waals surface area contributed by atoms with Gasteiger partial charge in [0.15, 0.2) is 0 Å². The topological polar surface area (TPSA) is 9.23 Å². The number of ether oxygens (including phenoxy) is 1. The number of benzene rings is 2. The van der Waals surface area contributed by atoms with Crippen LogP contribution in [0.2, 0.25) is 0 Å². The van der Waals surface area contributed by atoms with Crippen LogP contribution in [0.25, 0.3) is 11.1 Å². The van der Waals surface area contributed by atoms with Crippen molar-refractivity contribution in [3.63, 3.8) is 0 Å². The fourth-order valence-corrected chi connectivity index (χ4v) is 4.15. The maximum Gasteiger partial charge on any atom is 0.143 e. The molecule has 0 heterocycles. The summed E-state index contributed by atoms with van der Waals surface area (Å²) in [5.74, 6) is 1.37. The monoisotopic (exact) mass is 462 g/mol. The molecule has 2 aliphatic rings. The SMILES string of the molecule is ClC1(Cl)C=CC(c2ccccc2)=C(OC2=C(c3ccccc3)C=CC(Cl)(Cl)C2)C1. The van der Waals surface area contributed by atoms with Gasteiger partial charge in [0.25, 0.3) is 0 Å². The van der Waals surface area contributed by atoms with Gasteiger partial charge in [0.05, 0.1) is 0 Å². The zero-order valence-corrected chi connectivity index (χ0v) is 18.4. The molecule has 2 aromatic carbocycles. The molecule has 148 valence electrons. The first-order valence-corrected chi connectivity index (χ1v) is 10.7. The van der Waals surface area contributed by atoms with Gasteiger partial charge in [0, 0.05) is 24.0 Å². The standard InChI is InChI=1S/C24H18Cl4O/c25-23(26)13-11-19(17-7-3-1-4-8-17)21(15-23)29-22-16-24(27,28)14-12-20(22)18-9-5-2-6-10-18/h1-14H,15-16H2. The molecule has 5 heteroatoms. The molecule has 0 N–H and O–H groups in total. The molecule has 0 aliphatic heterocycles. The Morgan fingerprint density at radius 1 is 0.586 bits per heavy atom. The summed E-state index contributed by atoms with van der Waals surface area (Å²) in [5.41, 5.74) is 3.93. The van der Waals surface area contributed by atoms with E-state index in [4.69, 9.17) is 51.1 Å². The fourth-order valence-electron chi connectivity index (χ4n) is 3.41. The lowest BCUT2D eigenvalue weighted by molar-refractivity contribution is 0.278. The van der Waals surface area contributed by atoms with Crippen LogP contribution < -0.4 is 0 Å². The lowest BCUT2D eigenvalue weighted by Gasteiger charge is -2.29. The fraction of sp³-hybridized carbons (Fsp3) is 0.167. The van der Waals surface area contributed by atoms with E-state index in [0.717, 1.165) is 22.3 Å². The van der Waals surface area contributed by atoms with E-state index in [1.54, 1.807) is 12.2 Å². The normalized spacial score (nSPS) is 20.1. The van der Waals surface area contributed by atoms with Gasteiger partial charge in [0.2, 0.25) is 0 Å². The van der Waals surface area contributed by atoms with E-state index in [-0.39, 0.29) is 0 Å². The summed E-state index contributed by atoms with van der Waals surface area (Å²) in [6, 6.07) is 20.0. The van der Waals surface area contributed by atoms with Gasteiger partial charge in [-0.05, 0) is 23.3 Å². The third kappa shape index (κ3) is 4.92. The molecule has 0 saturated heterocycles. The molecule has 4 rings (SSSR count). The number of hydrogen-bond acceptors (Lipinski definition) is 1. The maximum absolute atomic E-state index is 6.46. The van der Waals surface area contributed by atoms with Gasteiger partial charge in [0.1, 0.15) is 20.2 Å². The van der Waals surface area contributed by atoms with Gasteiger partial charge in [-0.25, -0.2) is 0 Å². The van der Waals surface area contributed by atoms with Gasteiger partial charge in [-0.3, -0.25) is 0 Å². The first-order valence-electron chi connectivity index (χ1n) is 9.22. The van der Waals surface area contributed by atoms with Crippen LogP contribution in [0.5, 0.6) is 0 Å². The third-order valence-electron chi connectivity index (χ3n) is 4.80. The highest BCUT2D eigenvalue weighted by molar-refractivity contribution is 6.50. The van der Waals surface area contributed by atoms with Gasteiger partial charge in [-0.1, -0.05) is 119 Å². The van der Waals surface area contributed by atoms with Crippen molar-refractivity contribution in [2.75, 3.05) is 0 Å². The minimum absolute atomic E-state index is 0.337. The van der Waals surface area contributed by atoms with E-state index in [0.29, 0.717) is 24.4 Å². The molecule has 0 aromatic heterocycles. The van der Waals surface area contributed by atoms with Gasteiger partial charge in [-0.15, -0.1) is 0 Å². The van der Waals surface area contributed by atoms with Gasteiger partial charge >= 0.3 is 0 Å². The lowest BCUT2D eigenvalue weighted by Crippen LogP contribution is -2.20. The Kier molecular flexibility index (Phi) is 5.86. The average molecular weight is 464 g/mol. The van der Waals surface area contributed by atoms with Crippen LogP contribution in [0.15, 0.2) is 96.5 Å². The van der Waals surface area contributed by atoms with Crippen LogP contribution in [0.1, 0.15) is 24.0 Å². The minimum atomic E-state index is -1.04. The number of allylic oxidation sites excluding steroid dienone is 8. The Bertz CT molecular complexity index is 932. The van der Waals surface area contributed by atoms with Crippen molar-refractivity contribution < 1.29 is 4.74 Å². The molecule has 29 heavy (non-hydrogen) atoms. The molecule has 2 aliphatic carbocycles. The Morgan fingerprint density at radius 3 is 1.34 bits per heavy atom. The second-order valence-electron chi connectivity index (χ2n) is 7.05. The number of halogens is 4. The Balaban J connectivity index is 1.80. The predicted molar refractivity (Wildman–Crippen MR) is 124 cm³/mol. The average Bonchev–Trinajstić information content (AvgIpc) is 2.68. The molecule has 0 radical (unpaired) electrons. The van der Waals surface area contributed by atoms with E-state index < -0.39 is 8.67 Å². The minimum Gasteiger partial charge on any atom is -0.465 e. The molecule has 0 saturated carbocycles. The van der Waals surface area contributed by atoms with E-state index in [1.807, 2.05) is 72.8 Å². The van der Waals surface area contributed by atoms with Crippen LogP contribution >= 0.6 is 46.4 Å². The Hall–Kier alpha value is -1.64. The zero-order valence-electron chi connectivity index (χ0n) is 15.4. The first kappa shape index (κ1) is 20.6. The summed E-state index contributed by atoms with van der Waals surface area (Å²) in [4.78, 5) is 0. The highest BCUT2D eigenvalue weighted by Crippen LogP contribution is 2.44. The van der Waals surface area contributed by atoms with Crippen LogP contribution in [0, 0.1) is 0 Å². The Labute approximate surface area is 190 Å². The predicted octanol–water partition coefficient (Wildman–Crippen LogP) is 8.09. The van der Waals surface area contributed by atoms with Crippen molar-refractivity contribution in [2.24, 2.45) is 0 Å². The summed E-state index contributed by atoms with van der Waals surface area (Å²) in [6.07, 6.45) is 8.06. The van der Waals surface area contributed by atoms with Crippen molar-refractivity contribution in [3.8, 4) is 0 Å². The van der Waals surface area contributed by atoms with Crippen LogP contribution in [0.4, 0.5) is 0 Å². The van der Waals surface area contributed by atoms with Gasteiger partial charge in [-0.2, -0.15) is 0 Å². The van der Waals surface area contributed by atoms with Crippen molar-refractivity contribution in [1.82, 2.24) is 0 Å². The van der Waals surface area contributed by atoms with Gasteiger partial charge < -0.3 is 4.74 Å². The second kappa shape index (κ2) is 8.24. The van der Waals surface area contributed by atoms with E-state index in [2.05, 4.69) is 0 Å². The van der Waals surface area contributed by atoms with E-state index in [9.17, 15) is 0 Å². The molecular weight excluding hydrogens is 446 g/mol. The smallest absolute Gasteiger partial charge is 0.143 e. The molecule has 0 amide bonds. The van der Waals surface area contributed by atoms with E-state index in [1.165, 1.54) is 0 Å². The molecular formula is C24H18Cl4O. The summed E-state index contributed by atoms with van der Waals surface area (Å²) < 4.78 is 4.38. The highest BCUT2D eigenvalue weighted by atomic mass is 35.5. The molecule has 1 nitrogen and oxygen atoms in total. The summed E-state index contributed by atoms with van der Waals surface area (Å²) in [5, 5.41) is 0. The third-order valence-corrected chi connectivity index (χ3v) is 5.84. The molecule has 0 spiro atoms. The van der Waals surface area contributed by atoms with Crippen molar-refractivity contribution >= 4 is 57.5 Å². The van der Waals surface area contributed by atoms with Crippen LogP contribution in [-0.4, -0.2) is 8.67 Å². The highest BCUT2D eigenvalue weighted by Gasteiger charge is 2.33. The van der Waals surface area contributed by atoms with Crippen LogP contribution in [-0.2, 0) is 4.74 Å². The molecule has 0 bridgehead atoms. The van der Waals surface area contributed by atoms with E-state index >= 15 is 0 Å². The first-order chi connectivity index (χ1) is 13.8. The molecule has 0 unspecified atom stereocenters. The zero-order chi connectivity index (χ0) is 20.5. The molecule has 0 fully saturated rings. The summed E-state index contributed by atoms with van der Waals surface area (Å²) in [6.45, 7) is 0. The lowest BCUT2D eigenvalue weighted by atomic mass is 9.95. The summed E-state index contributed by atoms with van der Waals surface area (Å²) >= 11 is 25.7.